The molecular weight excluding hydrogens is 485 g/mol. The van der Waals surface area contributed by atoms with E-state index >= 15 is 0 Å². The number of para-hydroxylation sites is 1. The number of benzene rings is 3. The minimum atomic E-state index is -0.875. The number of nitrogens with zero attached hydrogens (tertiary/aromatic N) is 2. The lowest BCUT2D eigenvalue weighted by Crippen LogP contribution is -2.46. The maximum atomic E-state index is 12.8. The van der Waals surface area contributed by atoms with Crippen molar-refractivity contribution < 1.29 is 14.3 Å². The van der Waals surface area contributed by atoms with Crippen molar-refractivity contribution in [3.05, 3.63) is 94.0 Å². The zero-order chi connectivity index (χ0) is 24.8. The molecule has 1 saturated heterocycles. The number of anilines is 2. The Hall–Kier alpha value is -3.22. The molecule has 6 nitrogen and oxygen atoms in total. The van der Waals surface area contributed by atoms with Gasteiger partial charge in [-0.25, -0.2) is 4.79 Å². The summed E-state index contributed by atoms with van der Waals surface area (Å²) in [6, 6.07) is 22.4. The van der Waals surface area contributed by atoms with E-state index in [1.807, 2.05) is 18.2 Å². The van der Waals surface area contributed by atoms with E-state index < -0.39 is 17.9 Å². The number of hydrogen-bond donors (Lipinski definition) is 1. The van der Waals surface area contributed by atoms with Gasteiger partial charge in [0.2, 0.25) is 0 Å². The third-order valence-corrected chi connectivity index (χ3v) is 6.75. The molecule has 0 saturated carbocycles. The van der Waals surface area contributed by atoms with Crippen LogP contribution < -0.4 is 15.1 Å². The Morgan fingerprint density at radius 3 is 1.91 bits per heavy atom. The first-order chi connectivity index (χ1) is 17.0. The van der Waals surface area contributed by atoms with E-state index in [2.05, 4.69) is 51.5 Å². The molecule has 4 rings (SSSR count). The highest BCUT2D eigenvalue weighted by Crippen LogP contribution is 2.25. The Morgan fingerprint density at radius 2 is 1.37 bits per heavy atom. The van der Waals surface area contributed by atoms with Crippen LogP contribution in [0.25, 0.3) is 0 Å². The quantitative estimate of drug-likeness (QED) is 0.460. The van der Waals surface area contributed by atoms with Crippen molar-refractivity contribution in [3.8, 4) is 0 Å². The van der Waals surface area contributed by atoms with Gasteiger partial charge in [0.25, 0.3) is 5.91 Å². The molecule has 182 valence electrons. The summed E-state index contributed by atoms with van der Waals surface area (Å²) in [6.07, 6.45) is 0.280. The molecule has 1 atom stereocenters. The van der Waals surface area contributed by atoms with Crippen LogP contribution in [0.15, 0.2) is 72.8 Å². The molecule has 0 spiro atoms. The van der Waals surface area contributed by atoms with E-state index in [9.17, 15) is 9.59 Å². The summed E-state index contributed by atoms with van der Waals surface area (Å²) < 4.78 is 4.91. The van der Waals surface area contributed by atoms with Crippen molar-refractivity contribution in [2.45, 2.75) is 12.5 Å². The first kappa shape index (κ1) is 24.9. The number of halogens is 2. The maximum absolute atomic E-state index is 12.8. The predicted octanol–water partition coefficient (Wildman–Crippen LogP) is 4.83. The summed E-state index contributed by atoms with van der Waals surface area (Å²) in [6.45, 7) is 3.75. The summed E-state index contributed by atoms with van der Waals surface area (Å²) in [5.41, 5.74) is 3.41. The highest BCUT2D eigenvalue weighted by Gasteiger charge is 2.25. The number of rotatable bonds is 7. The number of piperazine rings is 1. The van der Waals surface area contributed by atoms with Crippen molar-refractivity contribution in [1.29, 1.82) is 0 Å². The van der Waals surface area contributed by atoms with E-state index in [4.69, 9.17) is 27.9 Å². The third kappa shape index (κ3) is 6.08. The molecule has 0 bridgehead atoms. The van der Waals surface area contributed by atoms with Gasteiger partial charge in [0.05, 0.1) is 22.7 Å². The second kappa shape index (κ2) is 11.5. The number of carbonyl (C=O) groups is 2. The highest BCUT2D eigenvalue weighted by molar-refractivity contribution is 6.39. The van der Waals surface area contributed by atoms with Gasteiger partial charge >= 0.3 is 5.97 Å². The van der Waals surface area contributed by atoms with Gasteiger partial charge in [0.1, 0.15) is 6.04 Å². The van der Waals surface area contributed by atoms with Gasteiger partial charge in [-0.3, -0.25) is 4.79 Å². The largest absolute Gasteiger partial charge is 0.467 e. The zero-order valence-electron chi connectivity index (χ0n) is 19.4. The topological polar surface area (TPSA) is 61.9 Å². The lowest BCUT2D eigenvalue weighted by molar-refractivity contribution is -0.142. The standard InChI is InChI=1S/C27H27Cl2N3O3/c1-35-27(34)24(30-26(33)25-22(28)8-5-9-23(25)29)18-19-10-12-21(13-11-19)32-16-14-31(15-17-32)20-6-3-2-4-7-20/h2-13,24H,14-18H2,1H3,(H,30,33)/t24-/m0/s1. The second-order valence-electron chi connectivity index (χ2n) is 8.33. The van der Waals surface area contributed by atoms with Crippen molar-refractivity contribution in [1.82, 2.24) is 5.32 Å². The van der Waals surface area contributed by atoms with Gasteiger partial charge in [-0.05, 0) is 42.0 Å². The number of nitrogens with one attached hydrogen (secondary N) is 1. The second-order valence-corrected chi connectivity index (χ2v) is 9.14. The summed E-state index contributed by atoms with van der Waals surface area (Å²) in [4.78, 5) is 29.9. The van der Waals surface area contributed by atoms with E-state index in [1.54, 1.807) is 18.2 Å². The molecule has 1 fully saturated rings. The van der Waals surface area contributed by atoms with Crippen LogP contribution in [0.4, 0.5) is 11.4 Å². The van der Waals surface area contributed by atoms with Crippen LogP contribution in [0.5, 0.6) is 0 Å². The molecule has 1 heterocycles. The molecule has 0 aromatic heterocycles. The maximum Gasteiger partial charge on any atom is 0.328 e. The minimum absolute atomic E-state index is 0.134. The van der Waals surface area contributed by atoms with Crippen molar-refractivity contribution in [2.24, 2.45) is 0 Å². The normalized spacial score (nSPS) is 14.4. The van der Waals surface area contributed by atoms with Crippen molar-refractivity contribution in [2.75, 3.05) is 43.1 Å². The third-order valence-electron chi connectivity index (χ3n) is 6.12. The molecule has 1 aliphatic rings. The number of esters is 1. The molecule has 0 radical (unpaired) electrons. The number of carbonyl (C=O) groups excluding carboxylic acids is 2. The Kier molecular flexibility index (Phi) is 8.16. The lowest BCUT2D eigenvalue weighted by Gasteiger charge is -2.37. The highest BCUT2D eigenvalue weighted by atomic mass is 35.5. The van der Waals surface area contributed by atoms with E-state index in [0.29, 0.717) is 0 Å². The van der Waals surface area contributed by atoms with Crippen LogP contribution in [-0.4, -0.2) is 51.2 Å². The van der Waals surface area contributed by atoms with Crippen molar-refractivity contribution >= 4 is 46.5 Å². The van der Waals surface area contributed by atoms with Crippen LogP contribution >= 0.6 is 23.2 Å². The number of ether oxygens (including phenoxy) is 1. The predicted molar refractivity (Wildman–Crippen MR) is 141 cm³/mol. The average molecular weight is 512 g/mol. The van der Waals surface area contributed by atoms with Crippen LogP contribution in [-0.2, 0) is 16.0 Å². The summed E-state index contributed by atoms with van der Waals surface area (Å²) in [5, 5.41) is 3.15. The summed E-state index contributed by atoms with van der Waals surface area (Å²) in [5.74, 6) is -1.06. The lowest BCUT2D eigenvalue weighted by atomic mass is 10.0. The first-order valence-corrected chi connectivity index (χ1v) is 12.2. The molecule has 35 heavy (non-hydrogen) atoms. The molecular formula is C27H27Cl2N3O3. The molecule has 3 aromatic carbocycles. The van der Waals surface area contributed by atoms with E-state index in [0.717, 1.165) is 37.4 Å². The van der Waals surface area contributed by atoms with Crippen LogP contribution in [0, 0.1) is 0 Å². The fourth-order valence-corrected chi connectivity index (χ4v) is 4.79. The number of methoxy groups -OCH3 is 1. The van der Waals surface area contributed by atoms with E-state index in [1.165, 1.54) is 12.8 Å². The number of amides is 1. The van der Waals surface area contributed by atoms with Gasteiger partial charge < -0.3 is 19.9 Å². The Balaban J connectivity index is 1.39. The summed E-state index contributed by atoms with van der Waals surface area (Å²) >= 11 is 12.3. The molecule has 0 unspecified atom stereocenters. The summed E-state index contributed by atoms with van der Waals surface area (Å²) in [7, 11) is 1.29. The van der Waals surface area contributed by atoms with Crippen LogP contribution in [0.1, 0.15) is 15.9 Å². The monoisotopic (exact) mass is 511 g/mol. The Labute approximate surface area is 215 Å². The first-order valence-electron chi connectivity index (χ1n) is 11.4. The van der Waals surface area contributed by atoms with Crippen molar-refractivity contribution in [3.63, 3.8) is 0 Å². The molecule has 8 heteroatoms. The molecule has 0 aliphatic carbocycles. The molecule has 1 N–H and O–H groups in total. The fraction of sp³-hybridized carbons (Fsp3) is 0.259. The SMILES string of the molecule is COC(=O)[C@H](Cc1ccc(N2CCN(c3ccccc3)CC2)cc1)NC(=O)c1c(Cl)cccc1Cl. The molecule has 1 aliphatic heterocycles. The zero-order valence-corrected chi connectivity index (χ0v) is 20.9. The van der Waals surface area contributed by atoms with Crippen LogP contribution in [0.2, 0.25) is 10.0 Å². The fourth-order valence-electron chi connectivity index (χ4n) is 4.22. The minimum Gasteiger partial charge on any atom is -0.467 e. The molecule has 3 aromatic rings. The van der Waals surface area contributed by atoms with Gasteiger partial charge in [-0.15, -0.1) is 0 Å². The van der Waals surface area contributed by atoms with E-state index in [-0.39, 0.29) is 22.0 Å². The Morgan fingerprint density at radius 1 is 0.829 bits per heavy atom. The van der Waals surface area contributed by atoms with Gasteiger partial charge in [-0.1, -0.05) is 59.6 Å². The van der Waals surface area contributed by atoms with Gasteiger partial charge in [-0.2, -0.15) is 0 Å². The average Bonchev–Trinajstić information content (AvgIpc) is 2.89. The Bertz CT molecular complexity index is 1140. The van der Waals surface area contributed by atoms with Crippen LogP contribution in [0.3, 0.4) is 0 Å². The smallest absolute Gasteiger partial charge is 0.328 e. The van der Waals surface area contributed by atoms with Gasteiger partial charge in [0.15, 0.2) is 0 Å². The number of hydrogen-bond acceptors (Lipinski definition) is 5. The van der Waals surface area contributed by atoms with Gasteiger partial charge in [0, 0.05) is 44.0 Å². The molecule has 1 amide bonds.